The summed E-state index contributed by atoms with van der Waals surface area (Å²) in [6.07, 6.45) is 1.18. The first kappa shape index (κ1) is 30.8. The monoisotopic (exact) mass is 610 g/mol. The molecule has 6 rings (SSSR count). The zero-order valence-electron chi connectivity index (χ0n) is 26.3. The molecule has 0 aliphatic carbocycles. The van der Waals surface area contributed by atoms with Gasteiger partial charge in [0.15, 0.2) is 0 Å². The van der Waals surface area contributed by atoms with Crippen LogP contribution in [0, 0.1) is 6.92 Å². The van der Waals surface area contributed by atoms with Crippen molar-refractivity contribution in [2.75, 3.05) is 46.1 Å². The number of aromatic amines is 1. The molecule has 9 heteroatoms. The number of morpholine rings is 1. The molecule has 2 aromatic heterocycles. The number of rotatable bonds is 12. The third-order valence-electron chi connectivity index (χ3n) is 8.77. The SMILES string of the molecule is CCOC(=O)c1[nH]c2c(-c3c(C(O)CCN4CCOCC4)nn(C)c3C)cccc2c1CCCOc1cccc2ccccc12. The number of H-pyrrole nitrogens is 1. The van der Waals surface area contributed by atoms with E-state index in [2.05, 4.69) is 28.1 Å². The molecular weight excluding hydrogens is 568 g/mol. The van der Waals surface area contributed by atoms with Gasteiger partial charge in [-0.25, -0.2) is 4.79 Å². The third-order valence-corrected chi connectivity index (χ3v) is 8.77. The van der Waals surface area contributed by atoms with Gasteiger partial charge >= 0.3 is 5.97 Å². The number of esters is 1. The van der Waals surface area contributed by atoms with Gasteiger partial charge in [-0.2, -0.15) is 5.10 Å². The van der Waals surface area contributed by atoms with Crippen molar-refractivity contribution in [1.82, 2.24) is 19.7 Å². The number of para-hydroxylation sites is 1. The van der Waals surface area contributed by atoms with Crippen molar-refractivity contribution in [2.24, 2.45) is 7.05 Å². The molecule has 45 heavy (non-hydrogen) atoms. The molecule has 0 bridgehead atoms. The number of hydrogen-bond acceptors (Lipinski definition) is 7. The van der Waals surface area contributed by atoms with Crippen LogP contribution in [0.4, 0.5) is 0 Å². The van der Waals surface area contributed by atoms with E-state index >= 15 is 0 Å². The Morgan fingerprint density at radius 1 is 1.07 bits per heavy atom. The van der Waals surface area contributed by atoms with Gasteiger partial charge in [-0.1, -0.05) is 54.6 Å². The second-order valence-electron chi connectivity index (χ2n) is 11.6. The van der Waals surface area contributed by atoms with Crippen LogP contribution in [0.3, 0.4) is 0 Å². The number of benzene rings is 3. The summed E-state index contributed by atoms with van der Waals surface area (Å²) in [5.74, 6) is 0.477. The van der Waals surface area contributed by atoms with Crippen molar-refractivity contribution in [3.05, 3.63) is 83.3 Å². The number of hydrogen-bond donors (Lipinski definition) is 2. The summed E-state index contributed by atoms with van der Waals surface area (Å²) >= 11 is 0. The van der Waals surface area contributed by atoms with Crippen LogP contribution in [0.1, 0.15) is 53.3 Å². The van der Waals surface area contributed by atoms with Gasteiger partial charge in [0, 0.05) is 54.3 Å². The van der Waals surface area contributed by atoms with Crippen LogP contribution in [0.2, 0.25) is 0 Å². The number of carbonyl (C=O) groups is 1. The molecule has 9 nitrogen and oxygen atoms in total. The summed E-state index contributed by atoms with van der Waals surface area (Å²) in [7, 11) is 1.90. The molecule has 1 aliphatic rings. The predicted octanol–water partition coefficient (Wildman–Crippen LogP) is 5.97. The second kappa shape index (κ2) is 13.9. The molecule has 3 aromatic carbocycles. The maximum absolute atomic E-state index is 13.2. The Labute approximate surface area is 263 Å². The van der Waals surface area contributed by atoms with E-state index in [1.54, 1.807) is 0 Å². The fourth-order valence-corrected chi connectivity index (χ4v) is 6.34. The molecule has 0 saturated carbocycles. The highest BCUT2D eigenvalue weighted by molar-refractivity contribution is 6.04. The van der Waals surface area contributed by atoms with Crippen molar-refractivity contribution in [2.45, 2.75) is 39.2 Å². The number of carbonyl (C=O) groups excluding carboxylic acids is 1. The maximum atomic E-state index is 13.2. The number of aromatic nitrogens is 3. The summed E-state index contributed by atoms with van der Waals surface area (Å²) < 4.78 is 19.0. The number of nitrogens with one attached hydrogen (secondary N) is 1. The third kappa shape index (κ3) is 6.47. The van der Waals surface area contributed by atoms with Gasteiger partial charge in [0.25, 0.3) is 0 Å². The van der Waals surface area contributed by atoms with E-state index in [1.165, 1.54) is 0 Å². The van der Waals surface area contributed by atoms with Gasteiger partial charge in [-0.05, 0) is 50.1 Å². The second-order valence-corrected chi connectivity index (χ2v) is 11.6. The molecule has 0 radical (unpaired) electrons. The van der Waals surface area contributed by atoms with E-state index in [1.807, 2.05) is 68.0 Å². The molecule has 2 N–H and O–H groups in total. The highest BCUT2D eigenvalue weighted by Gasteiger charge is 2.26. The standard InChI is InChI=1S/C36H42N4O5/c1-4-44-36(42)34-28(15-9-21-45-31-16-7-11-25-10-5-6-12-26(25)31)27-13-8-14-29(33(27)37-34)32-24(2)39(3)38-35(32)30(41)17-18-40-19-22-43-23-20-40/h5-8,10-14,16,30,37,41H,4,9,15,17-23H2,1-3H3. The minimum Gasteiger partial charge on any atom is -0.493 e. The molecule has 236 valence electrons. The van der Waals surface area contributed by atoms with Gasteiger partial charge in [0.1, 0.15) is 11.4 Å². The summed E-state index contributed by atoms with van der Waals surface area (Å²) in [5.41, 5.74) is 5.59. The number of aryl methyl sites for hydroxylation is 2. The fraction of sp³-hybridized carbons (Fsp3) is 0.389. The average Bonchev–Trinajstić information content (AvgIpc) is 3.59. The number of nitrogens with zero attached hydrogens (tertiary/aromatic N) is 3. The van der Waals surface area contributed by atoms with Crippen molar-refractivity contribution >= 4 is 27.6 Å². The van der Waals surface area contributed by atoms with E-state index < -0.39 is 6.10 Å². The van der Waals surface area contributed by atoms with E-state index in [4.69, 9.17) is 19.3 Å². The zero-order valence-corrected chi connectivity index (χ0v) is 26.3. The van der Waals surface area contributed by atoms with Crippen molar-refractivity contribution in [3.63, 3.8) is 0 Å². The Bertz CT molecular complexity index is 1780. The minimum atomic E-state index is -0.733. The quantitative estimate of drug-likeness (QED) is 0.133. The molecule has 1 unspecified atom stereocenters. The number of aliphatic hydroxyl groups excluding tert-OH is 1. The summed E-state index contributed by atoms with van der Waals surface area (Å²) in [4.78, 5) is 19.0. The normalized spacial score (nSPS) is 14.7. The summed E-state index contributed by atoms with van der Waals surface area (Å²) in [6, 6.07) is 20.3. The first-order valence-corrected chi connectivity index (χ1v) is 15.9. The Morgan fingerprint density at radius 2 is 1.82 bits per heavy atom. The summed E-state index contributed by atoms with van der Waals surface area (Å²) in [5, 5.41) is 19.3. The van der Waals surface area contributed by atoms with E-state index in [0.717, 1.165) is 82.7 Å². The number of fused-ring (bicyclic) bond motifs is 2. The fourth-order valence-electron chi connectivity index (χ4n) is 6.34. The van der Waals surface area contributed by atoms with Crippen LogP contribution < -0.4 is 4.74 Å². The van der Waals surface area contributed by atoms with E-state index in [-0.39, 0.29) is 12.6 Å². The van der Waals surface area contributed by atoms with E-state index in [9.17, 15) is 9.90 Å². The van der Waals surface area contributed by atoms with Gasteiger partial charge < -0.3 is 24.3 Å². The highest BCUT2D eigenvalue weighted by Crippen LogP contribution is 2.38. The summed E-state index contributed by atoms with van der Waals surface area (Å²) in [6.45, 7) is 8.57. The molecule has 3 heterocycles. The number of ether oxygens (including phenoxy) is 3. The maximum Gasteiger partial charge on any atom is 0.355 e. The van der Waals surface area contributed by atoms with E-state index in [0.29, 0.717) is 37.3 Å². The molecule has 0 spiro atoms. The molecule has 1 saturated heterocycles. The van der Waals surface area contributed by atoms with Crippen molar-refractivity contribution < 1.29 is 24.1 Å². The Hall–Kier alpha value is -4.18. The van der Waals surface area contributed by atoms with Gasteiger partial charge in [0.2, 0.25) is 0 Å². The average molecular weight is 611 g/mol. The molecule has 1 fully saturated rings. The van der Waals surface area contributed by atoms with Crippen molar-refractivity contribution in [3.8, 4) is 16.9 Å². The zero-order chi connectivity index (χ0) is 31.3. The van der Waals surface area contributed by atoms with Gasteiger partial charge in [0.05, 0.1) is 43.7 Å². The van der Waals surface area contributed by atoms with Crippen LogP contribution in [0.25, 0.3) is 32.8 Å². The largest absolute Gasteiger partial charge is 0.493 e. The van der Waals surface area contributed by atoms with Crippen LogP contribution in [-0.4, -0.2) is 76.8 Å². The Morgan fingerprint density at radius 3 is 2.64 bits per heavy atom. The van der Waals surface area contributed by atoms with Crippen LogP contribution >= 0.6 is 0 Å². The molecule has 1 atom stereocenters. The minimum absolute atomic E-state index is 0.284. The Balaban J connectivity index is 1.29. The lowest BCUT2D eigenvalue weighted by Crippen LogP contribution is -2.37. The van der Waals surface area contributed by atoms with Crippen LogP contribution in [0.15, 0.2) is 60.7 Å². The van der Waals surface area contributed by atoms with Crippen LogP contribution in [-0.2, 0) is 22.9 Å². The lowest BCUT2D eigenvalue weighted by Gasteiger charge is -2.27. The molecular formula is C36H42N4O5. The lowest BCUT2D eigenvalue weighted by molar-refractivity contribution is 0.0297. The molecule has 1 aliphatic heterocycles. The highest BCUT2D eigenvalue weighted by atomic mass is 16.5. The lowest BCUT2D eigenvalue weighted by atomic mass is 9.96. The first-order chi connectivity index (χ1) is 22.0. The smallest absolute Gasteiger partial charge is 0.355 e. The van der Waals surface area contributed by atoms with Gasteiger partial charge in [-0.15, -0.1) is 0 Å². The van der Waals surface area contributed by atoms with Crippen molar-refractivity contribution in [1.29, 1.82) is 0 Å². The molecule has 0 amide bonds. The predicted molar refractivity (Wildman–Crippen MR) is 176 cm³/mol. The first-order valence-electron chi connectivity index (χ1n) is 15.9. The topological polar surface area (TPSA) is 102 Å². The van der Waals surface area contributed by atoms with Gasteiger partial charge in [-0.3, -0.25) is 9.58 Å². The molecule has 5 aromatic rings. The Kier molecular flexibility index (Phi) is 9.49. The van der Waals surface area contributed by atoms with Crippen LogP contribution in [0.5, 0.6) is 5.75 Å². The number of aliphatic hydroxyl groups is 1.